The first-order chi connectivity index (χ1) is 10.9. The molecule has 0 bridgehead atoms. The predicted molar refractivity (Wildman–Crippen MR) is 87.1 cm³/mol. The van der Waals surface area contributed by atoms with Crippen molar-refractivity contribution in [3.8, 4) is 11.5 Å². The second kappa shape index (κ2) is 6.09. The van der Waals surface area contributed by atoms with Crippen LogP contribution in [0.5, 0.6) is 11.5 Å². The minimum Gasteiger partial charge on any atom is -0.457 e. The van der Waals surface area contributed by atoms with Gasteiger partial charge in [-0.1, -0.05) is 18.6 Å². The van der Waals surface area contributed by atoms with Gasteiger partial charge in [0.2, 0.25) is 0 Å². The van der Waals surface area contributed by atoms with Gasteiger partial charge < -0.3 is 4.74 Å². The summed E-state index contributed by atoms with van der Waals surface area (Å²) in [6.07, 6.45) is 10.3. The lowest BCUT2D eigenvalue weighted by Gasteiger charge is -2.34. The zero-order valence-electron chi connectivity index (χ0n) is 12.8. The van der Waals surface area contributed by atoms with Crippen LogP contribution in [0.2, 0.25) is 0 Å². The average Bonchev–Trinajstić information content (AvgIpc) is 3.01. The summed E-state index contributed by atoms with van der Waals surface area (Å²) in [5.41, 5.74) is 1.44. The van der Waals surface area contributed by atoms with Gasteiger partial charge in [0, 0.05) is 24.5 Å². The maximum Gasteiger partial charge on any atom is 0.130 e. The topological polar surface area (TPSA) is 25.4 Å². The van der Waals surface area contributed by atoms with Gasteiger partial charge in [-0.25, -0.2) is 0 Å². The van der Waals surface area contributed by atoms with Crippen molar-refractivity contribution in [1.82, 2.24) is 9.88 Å². The van der Waals surface area contributed by atoms with Gasteiger partial charge in [0.25, 0.3) is 0 Å². The maximum absolute atomic E-state index is 5.85. The Hall–Kier alpha value is -1.87. The number of rotatable bonds is 3. The van der Waals surface area contributed by atoms with Crippen LogP contribution in [0.3, 0.4) is 0 Å². The quantitative estimate of drug-likeness (QED) is 0.829. The van der Waals surface area contributed by atoms with Crippen LogP contribution in [-0.2, 0) is 0 Å². The van der Waals surface area contributed by atoms with Gasteiger partial charge in [-0.15, -0.1) is 0 Å². The first-order valence-electron chi connectivity index (χ1n) is 8.34. The van der Waals surface area contributed by atoms with Gasteiger partial charge >= 0.3 is 0 Å². The van der Waals surface area contributed by atoms with E-state index in [0.717, 1.165) is 17.5 Å². The van der Waals surface area contributed by atoms with E-state index in [-0.39, 0.29) is 0 Å². The normalized spacial score (nSPS) is 24.9. The molecule has 2 aliphatic rings. The summed E-state index contributed by atoms with van der Waals surface area (Å²) in [5.74, 6) is 1.72. The Labute approximate surface area is 131 Å². The first-order valence-corrected chi connectivity index (χ1v) is 8.34. The Morgan fingerprint density at radius 1 is 0.864 bits per heavy atom. The summed E-state index contributed by atoms with van der Waals surface area (Å²) in [6, 6.07) is 13.8. The molecule has 114 valence electrons. The van der Waals surface area contributed by atoms with Gasteiger partial charge in [0.1, 0.15) is 11.5 Å². The molecule has 3 heterocycles. The zero-order valence-corrected chi connectivity index (χ0v) is 12.8. The first kappa shape index (κ1) is 13.8. The molecule has 4 rings (SSSR count). The van der Waals surface area contributed by atoms with Crippen molar-refractivity contribution in [1.29, 1.82) is 0 Å². The molecule has 2 aromatic rings. The van der Waals surface area contributed by atoms with E-state index in [4.69, 9.17) is 4.74 Å². The number of piperidine rings is 1. The number of hydrogen-bond donors (Lipinski definition) is 0. The number of benzene rings is 1. The molecule has 2 aliphatic heterocycles. The van der Waals surface area contributed by atoms with Crippen LogP contribution in [0.25, 0.3) is 0 Å². The van der Waals surface area contributed by atoms with Gasteiger partial charge in [-0.05, 0) is 62.1 Å². The molecule has 0 spiro atoms. The largest absolute Gasteiger partial charge is 0.457 e. The van der Waals surface area contributed by atoms with Crippen molar-refractivity contribution in [3.63, 3.8) is 0 Å². The maximum atomic E-state index is 5.85. The van der Waals surface area contributed by atoms with Crippen molar-refractivity contribution in [2.45, 2.75) is 44.2 Å². The van der Waals surface area contributed by atoms with Crippen LogP contribution in [-0.4, -0.2) is 22.5 Å². The molecule has 2 unspecified atom stereocenters. The molecule has 3 heteroatoms. The number of pyridine rings is 1. The Balaban J connectivity index is 1.48. The second-order valence-electron chi connectivity index (χ2n) is 6.33. The average molecular weight is 294 g/mol. The predicted octanol–water partition coefficient (Wildman–Crippen LogP) is 4.56. The molecule has 2 fully saturated rings. The molecular formula is C19H22N2O. The van der Waals surface area contributed by atoms with Crippen molar-refractivity contribution in [3.05, 3.63) is 54.4 Å². The lowest BCUT2D eigenvalue weighted by Crippen LogP contribution is -2.35. The van der Waals surface area contributed by atoms with E-state index in [1.165, 1.54) is 44.2 Å². The molecule has 0 aliphatic carbocycles. The van der Waals surface area contributed by atoms with E-state index < -0.39 is 0 Å². The second-order valence-corrected chi connectivity index (χ2v) is 6.33. The number of nitrogens with zero attached hydrogens (tertiary/aromatic N) is 2. The summed E-state index contributed by atoms with van der Waals surface area (Å²) >= 11 is 0. The molecule has 22 heavy (non-hydrogen) atoms. The van der Waals surface area contributed by atoms with E-state index in [2.05, 4.69) is 34.1 Å². The molecule has 0 N–H and O–H groups in total. The summed E-state index contributed by atoms with van der Waals surface area (Å²) in [6.45, 7) is 1.27. The Morgan fingerprint density at radius 3 is 2.45 bits per heavy atom. The molecule has 1 aromatic carbocycles. The van der Waals surface area contributed by atoms with Crippen LogP contribution >= 0.6 is 0 Å². The van der Waals surface area contributed by atoms with E-state index in [1.807, 2.05) is 12.1 Å². The lowest BCUT2D eigenvalue weighted by atomic mass is 10.0. The van der Waals surface area contributed by atoms with Crippen LogP contribution in [0.4, 0.5) is 0 Å². The van der Waals surface area contributed by atoms with Crippen molar-refractivity contribution < 1.29 is 4.74 Å². The molecule has 0 saturated carbocycles. The molecule has 2 atom stereocenters. The summed E-state index contributed by atoms with van der Waals surface area (Å²) in [5, 5.41) is 0. The van der Waals surface area contributed by atoms with Crippen molar-refractivity contribution in [2.75, 3.05) is 6.54 Å². The molecule has 3 nitrogen and oxygen atoms in total. The molecule has 1 aromatic heterocycles. The highest BCUT2D eigenvalue weighted by Gasteiger charge is 2.35. The van der Waals surface area contributed by atoms with Crippen LogP contribution in [0.1, 0.15) is 43.7 Å². The van der Waals surface area contributed by atoms with Gasteiger partial charge in [0.05, 0.1) is 0 Å². The monoisotopic (exact) mass is 294 g/mol. The van der Waals surface area contributed by atoms with Gasteiger partial charge in [-0.3, -0.25) is 9.88 Å². The summed E-state index contributed by atoms with van der Waals surface area (Å²) < 4.78 is 5.85. The Morgan fingerprint density at radius 2 is 1.64 bits per heavy atom. The van der Waals surface area contributed by atoms with Gasteiger partial charge in [-0.2, -0.15) is 0 Å². The third kappa shape index (κ3) is 2.73. The smallest absolute Gasteiger partial charge is 0.130 e. The SMILES string of the molecule is c1cc(Oc2ccc(C3CCC4CCCCN43)cc2)ccn1. The third-order valence-electron chi connectivity index (χ3n) is 5.00. The molecular weight excluding hydrogens is 272 g/mol. The minimum absolute atomic E-state index is 0.611. The van der Waals surface area contributed by atoms with Crippen LogP contribution < -0.4 is 4.74 Å². The number of hydrogen-bond acceptors (Lipinski definition) is 3. The summed E-state index contributed by atoms with van der Waals surface area (Å²) in [4.78, 5) is 6.73. The summed E-state index contributed by atoms with van der Waals surface area (Å²) in [7, 11) is 0. The number of fused-ring (bicyclic) bond motifs is 1. The van der Waals surface area contributed by atoms with E-state index in [9.17, 15) is 0 Å². The van der Waals surface area contributed by atoms with Crippen LogP contribution in [0.15, 0.2) is 48.8 Å². The minimum atomic E-state index is 0.611. The molecule has 2 saturated heterocycles. The Bertz CT molecular complexity index is 611. The fourth-order valence-electron chi connectivity index (χ4n) is 3.92. The standard InChI is InChI=1S/C19H22N2O/c1-2-14-21-16(3-1)6-9-19(21)15-4-7-17(8-5-15)22-18-10-12-20-13-11-18/h4-5,7-8,10-13,16,19H,1-3,6,9,14H2. The van der Waals surface area contributed by atoms with Crippen molar-refractivity contribution >= 4 is 0 Å². The fraction of sp³-hybridized carbons (Fsp3) is 0.421. The molecule has 0 amide bonds. The Kier molecular flexibility index (Phi) is 3.81. The zero-order chi connectivity index (χ0) is 14.8. The van der Waals surface area contributed by atoms with E-state index >= 15 is 0 Å². The number of aromatic nitrogens is 1. The third-order valence-corrected chi connectivity index (χ3v) is 5.00. The van der Waals surface area contributed by atoms with Gasteiger partial charge in [0.15, 0.2) is 0 Å². The highest BCUT2D eigenvalue weighted by atomic mass is 16.5. The van der Waals surface area contributed by atoms with E-state index in [1.54, 1.807) is 12.4 Å². The highest BCUT2D eigenvalue weighted by molar-refractivity contribution is 5.33. The fourth-order valence-corrected chi connectivity index (χ4v) is 3.92. The lowest BCUT2D eigenvalue weighted by molar-refractivity contribution is 0.150. The molecule has 0 radical (unpaired) electrons. The highest BCUT2D eigenvalue weighted by Crippen LogP contribution is 2.40. The van der Waals surface area contributed by atoms with Crippen molar-refractivity contribution in [2.24, 2.45) is 0 Å². The van der Waals surface area contributed by atoms with Crippen LogP contribution in [0, 0.1) is 0 Å². The number of ether oxygens (including phenoxy) is 1. The van der Waals surface area contributed by atoms with E-state index in [0.29, 0.717) is 6.04 Å².